The zero-order valence-corrected chi connectivity index (χ0v) is 26.1. The Bertz CT molecular complexity index is 1640. The molecule has 0 spiro atoms. The first-order chi connectivity index (χ1) is 21.4. The summed E-state index contributed by atoms with van der Waals surface area (Å²) in [5, 5.41) is 25.3. The van der Waals surface area contributed by atoms with E-state index < -0.39 is 42.0 Å². The molecule has 13 heteroatoms. The second-order valence-electron chi connectivity index (χ2n) is 11.4. The monoisotopic (exact) mass is 622 g/mol. The van der Waals surface area contributed by atoms with Crippen molar-refractivity contribution in [3.63, 3.8) is 0 Å². The number of benzene rings is 2. The van der Waals surface area contributed by atoms with Crippen molar-refractivity contribution in [2.45, 2.75) is 45.3 Å². The first-order valence-electron chi connectivity index (χ1n) is 14.3. The lowest BCUT2D eigenvalue weighted by atomic mass is 9.95. The fourth-order valence-electron chi connectivity index (χ4n) is 5.59. The maximum atomic E-state index is 13.3. The molecule has 0 bridgehead atoms. The van der Waals surface area contributed by atoms with Gasteiger partial charge in [0.15, 0.2) is 11.5 Å². The third-order valence-corrected chi connectivity index (χ3v) is 7.53. The number of nitrogens with one attached hydrogen (secondary N) is 2. The molecule has 0 saturated heterocycles. The van der Waals surface area contributed by atoms with E-state index in [2.05, 4.69) is 10.6 Å². The van der Waals surface area contributed by atoms with E-state index in [0.717, 1.165) is 15.8 Å². The first-order valence-corrected chi connectivity index (χ1v) is 14.3. The Kier molecular flexibility index (Phi) is 9.72. The zero-order valence-electron chi connectivity index (χ0n) is 26.1. The van der Waals surface area contributed by atoms with Gasteiger partial charge in [0.2, 0.25) is 11.7 Å². The number of imide groups is 1. The van der Waals surface area contributed by atoms with Crippen LogP contribution < -0.4 is 24.8 Å². The van der Waals surface area contributed by atoms with Gasteiger partial charge in [0.05, 0.1) is 39.1 Å². The van der Waals surface area contributed by atoms with Crippen molar-refractivity contribution in [1.82, 2.24) is 20.1 Å². The summed E-state index contributed by atoms with van der Waals surface area (Å²) >= 11 is 0. The van der Waals surface area contributed by atoms with Crippen LogP contribution in [-0.4, -0.2) is 89.6 Å². The van der Waals surface area contributed by atoms with Gasteiger partial charge in [-0.15, -0.1) is 0 Å². The number of hydrogen-bond acceptors (Lipinski definition) is 8. The van der Waals surface area contributed by atoms with Crippen molar-refractivity contribution >= 4 is 45.9 Å². The maximum absolute atomic E-state index is 13.3. The Hall–Kier alpha value is -5.04. The lowest BCUT2D eigenvalue weighted by Crippen LogP contribution is -2.58. The van der Waals surface area contributed by atoms with Gasteiger partial charge >= 0.3 is 6.09 Å². The highest BCUT2D eigenvalue weighted by atomic mass is 16.5. The number of carboxylic acid groups (broad SMARTS) is 1. The minimum Gasteiger partial charge on any atom is -0.493 e. The number of carbonyl (C=O) groups is 4. The number of aryl methyl sites for hydroxylation is 1. The third-order valence-electron chi connectivity index (χ3n) is 7.53. The number of carbonyl (C=O) groups excluding carboxylic acids is 3. The summed E-state index contributed by atoms with van der Waals surface area (Å²) in [6, 6.07) is 9.41. The maximum Gasteiger partial charge on any atom is 0.408 e. The van der Waals surface area contributed by atoms with E-state index in [1.54, 1.807) is 39.1 Å². The van der Waals surface area contributed by atoms with Crippen molar-refractivity contribution in [1.29, 1.82) is 0 Å². The van der Waals surface area contributed by atoms with E-state index in [0.29, 0.717) is 41.3 Å². The molecule has 1 aromatic heterocycles. The summed E-state index contributed by atoms with van der Waals surface area (Å²) in [5.41, 5.74) is 1.21. The van der Waals surface area contributed by atoms with E-state index in [9.17, 15) is 29.4 Å². The highest BCUT2D eigenvalue weighted by Gasteiger charge is 2.37. The van der Waals surface area contributed by atoms with Gasteiger partial charge in [-0.05, 0) is 51.0 Å². The van der Waals surface area contributed by atoms with E-state index in [1.807, 2.05) is 28.8 Å². The van der Waals surface area contributed by atoms with Gasteiger partial charge in [-0.3, -0.25) is 24.6 Å². The quantitative estimate of drug-likeness (QED) is 0.175. The Labute approximate surface area is 260 Å². The molecule has 0 aliphatic carbocycles. The van der Waals surface area contributed by atoms with Crippen LogP contribution in [0.25, 0.3) is 22.0 Å². The largest absolute Gasteiger partial charge is 0.493 e. The topological polar surface area (TPSA) is 169 Å². The molecule has 45 heavy (non-hydrogen) atoms. The predicted molar refractivity (Wildman–Crippen MR) is 166 cm³/mol. The Balaban J connectivity index is 1.65. The lowest BCUT2D eigenvalue weighted by molar-refractivity contribution is -0.129. The summed E-state index contributed by atoms with van der Waals surface area (Å²) < 4.78 is 18.3. The number of hydrogen-bond donors (Lipinski definition) is 4. The van der Waals surface area contributed by atoms with Crippen LogP contribution in [0, 0.1) is 0 Å². The average molecular weight is 623 g/mol. The highest BCUT2D eigenvalue weighted by Crippen LogP contribution is 2.43. The minimum atomic E-state index is -1.31. The van der Waals surface area contributed by atoms with Gasteiger partial charge in [0.1, 0.15) is 6.04 Å². The van der Waals surface area contributed by atoms with E-state index in [4.69, 9.17) is 14.2 Å². The number of nitrogens with zero attached hydrogens (tertiary/aromatic N) is 2. The van der Waals surface area contributed by atoms with Gasteiger partial charge in [0.25, 0.3) is 11.8 Å². The molecular formula is C32H38N4O9. The summed E-state index contributed by atoms with van der Waals surface area (Å²) in [4.78, 5) is 52.0. The third kappa shape index (κ3) is 6.43. The van der Waals surface area contributed by atoms with Crippen molar-refractivity contribution in [3.05, 3.63) is 53.7 Å². The molecular weight excluding hydrogens is 584 g/mol. The Morgan fingerprint density at radius 3 is 2.18 bits per heavy atom. The molecule has 2 heterocycles. The van der Waals surface area contributed by atoms with E-state index >= 15 is 0 Å². The highest BCUT2D eigenvalue weighted by molar-refractivity contribution is 6.50. The molecule has 1 atom stereocenters. The number of aromatic nitrogens is 1. The van der Waals surface area contributed by atoms with Gasteiger partial charge in [0, 0.05) is 41.3 Å². The fourth-order valence-corrected chi connectivity index (χ4v) is 5.59. The van der Waals surface area contributed by atoms with Crippen LogP contribution in [0.4, 0.5) is 4.79 Å². The van der Waals surface area contributed by atoms with Gasteiger partial charge in [-0.25, -0.2) is 4.79 Å². The second-order valence-corrected chi connectivity index (χ2v) is 11.4. The molecule has 1 aliphatic rings. The average Bonchev–Trinajstić information content (AvgIpc) is 3.51. The molecule has 4 N–H and O–H groups in total. The van der Waals surface area contributed by atoms with Gasteiger partial charge in [-0.1, -0.05) is 18.2 Å². The zero-order chi connectivity index (χ0) is 33.1. The number of methoxy groups -OCH3 is 3. The van der Waals surface area contributed by atoms with Crippen molar-refractivity contribution in [2.24, 2.45) is 0 Å². The predicted octanol–water partition coefficient (Wildman–Crippen LogP) is 2.88. The molecule has 1 aliphatic heterocycles. The smallest absolute Gasteiger partial charge is 0.408 e. The molecule has 13 nitrogen and oxygen atoms in total. The number of fused-ring (bicyclic) bond motifs is 1. The second kappa shape index (κ2) is 13.3. The molecule has 3 aromatic rings. The fraction of sp³-hybridized carbons (Fsp3) is 0.375. The molecule has 4 rings (SSSR count). The summed E-state index contributed by atoms with van der Waals surface area (Å²) in [6.07, 6.45) is 0.937. The number of amides is 4. The summed E-state index contributed by atoms with van der Waals surface area (Å²) in [5.74, 6) is -0.711. The van der Waals surface area contributed by atoms with Crippen LogP contribution in [0.5, 0.6) is 17.2 Å². The summed E-state index contributed by atoms with van der Waals surface area (Å²) in [7, 11) is 4.39. The van der Waals surface area contributed by atoms with Crippen molar-refractivity contribution in [3.8, 4) is 17.2 Å². The van der Waals surface area contributed by atoms with E-state index in [-0.39, 0.29) is 17.7 Å². The number of rotatable bonds is 12. The molecule has 0 saturated carbocycles. The number of aliphatic hydroxyl groups is 1. The summed E-state index contributed by atoms with van der Waals surface area (Å²) in [6.45, 7) is 4.90. The van der Waals surface area contributed by atoms with Crippen LogP contribution >= 0.6 is 0 Å². The van der Waals surface area contributed by atoms with Crippen LogP contribution in [0.2, 0.25) is 0 Å². The number of ether oxygens (including phenoxy) is 3. The number of para-hydroxylation sites is 1. The van der Waals surface area contributed by atoms with Crippen LogP contribution in [0.3, 0.4) is 0 Å². The van der Waals surface area contributed by atoms with Gasteiger partial charge in [-0.2, -0.15) is 0 Å². The Morgan fingerprint density at radius 1 is 1.00 bits per heavy atom. The van der Waals surface area contributed by atoms with Crippen LogP contribution in [-0.2, 0) is 20.9 Å². The molecule has 4 amide bonds. The first kappa shape index (κ1) is 32.9. The molecule has 1 unspecified atom stereocenters. The number of aliphatic hydroxyl groups excluding tert-OH is 1. The standard InChI is InChI=1S/C32H38N4O9/c1-32(2,3)36(31(41)42)22(17-37)28(38)33-12-9-13-35-16-20(19-10-7-8-11-21(19)35)26-25(29(39)34-30(26)40)18-14-23(43-4)27(45-6)24(15-18)44-5/h7-8,10-11,14-16,22,37H,9,12-13,17H2,1-6H3,(H,33,38)(H,41,42)(H,34,39,40). The lowest BCUT2D eigenvalue weighted by Gasteiger charge is -2.37. The normalized spacial score (nSPS) is 13.9. The molecule has 2 aromatic carbocycles. The van der Waals surface area contributed by atoms with Gasteiger partial charge < -0.3 is 34.3 Å². The Morgan fingerprint density at radius 2 is 1.62 bits per heavy atom. The van der Waals surface area contributed by atoms with E-state index in [1.165, 1.54) is 21.3 Å². The van der Waals surface area contributed by atoms with Crippen molar-refractivity contribution < 1.29 is 43.6 Å². The van der Waals surface area contributed by atoms with Crippen LogP contribution in [0.15, 0.2) is 42.6 Å². The molecule has 0 radical (unpaired) electrons. The molecule has 240 valence electrons. The van der Waals surface area contributed by atoms with Crippen LogP contribution in [0.1, 0.15) is 38.3 Å². The van der Waals surface area contributed by atoms with Crippen molar-refractivity contribution in [2.75, 3.05) is 34.5 Å². The minimum absolute atomic E-state index is 0.159. The SMILES string of the molecule is COc1cc(C2=C(c3cn(CCCNC(=O)C(CO)N(C(=O)O)C(C)(C)C)c4ccccc34)C(=O)NC2=O)cc(OC)c1OC. The molecule has 0 fully saturated rings.